The summed E-state index contributed by atoms with van der Waals surface area (Å²) < 4.78 is 2.29. The van der Waals surface area contributed by atoms with Crippen molar-refractivity contribution in [1.82, 2.24) is 9.55 Å². The minimum Gasteiger partial charge on any atom is -0.330 e. The molecule has 1 aliphatic rings. The van der Waals surface area contributed by atoms with Crippen molar-refractivity contribution in [2.75, 3.05) is 0 Å². The maximum Gasteiger partial charge on any atom is 0.0954 e. The Labute approximate surface area is 120 Å². The molecule has 0 radical (unpaired) electrons. The number of aromatic nitrogens is 2. The smallest absolute Gasteiger partial charge is 0.0954 e. The number of benzene rings is 1. The summed E-state index contributed by atoms with van der Waals surface area (Å²) in [4.78, 5) is 4.43. The molecule has 1 fully saturated rings. The third-order valence-electron chi connectivity index (χ3n) is 4.78. The summed E-state index contributed by atoms with van der Waals surface area (Å²) in [5.74, 6) is 0.614. The van der Waals surface area contributed by atoms with Crippen LogP contribution < -0.4 is 5.73 Å². The number of imidazole rings is 1. The maximum absolute atomic E-state index is 6.38. The first kappa shape index (κ1) is 13.4. The molecule has 1 aliphatic carbocycles. The van der Waals surface area contributed by atoms with Crippen molar-refractivity contribution >= 4 is 0 Å². The normalized spacial score (nSPS) is 26.6. The maximum atomic E-state index is 6.38. The lowest BCUT2D eigenvalue weighted by atomic mass is 9.79. The molecule has 1 aromatic carbocycles. The minimum atomic E-state index is 0.238. The first-order valence-corrected chi connectivity index (χ1v) is 7.47. The number of hydrogen-bond donors (Lipinski definition) is 1. The van der Waals surface area contributed by atoms with Crippen LogP contribution >= 0.6 is 0 Å². The van der Waals surface area contributed by atoms with E-state index in [0.717, 1.165) is 18.5 Å². The van der Waals surface area contributed by atoms with Crippen molar-refractivity contribution < 1.29 is 0 Å². The van der Waals surface area contributed by atoms with E-state index >= 15 is 0 Å². The zero-order valence-electron chi connectivity index (χ0n) is 12.3. The quantitative estimate of drug-likeness (QED) is 0.908. The molecule has 106 valence electrons. The van der Waals surface area contributed by atoms with Crippen LogP contribution in [0.1, 0.15) is 48.2 Å². The Balaban J connectivity index is 1.86. The first-order valence-electron chi connectivity index (χ1n) is 7.47. The van der Waals surface area contributed by atoms with Gasteiger partial charge in [-0.05, 0) is 44.6 Å². The van der Waals surface area contributed by atoms with Crippen LogP contribution in [0.3, 0.4) is 0 Å². The van der Waals surface area contributed by atoms with Crippen LogP contribution in [0.5, 0.6) is 0 Å². The summed E-state index contributed by atoms with van der Waals surface area (Å²) in [6, 6.07) is 11.4. The minimum absolute atomic E-state index is 0.238. The molecule has 20 heavy (non-hydrogen) atoms. The third kappa shape index (κ3) is 2.38. The van der Waals surface area contributed by atoms with Crippen LogP contribution in [0.25, 0.3) is 0 Å². The average molecular weight is 269 g/mol. The number of nitrogens with two attached hydrogens (primary N) is 1. The summed E-state index contributed by atoms with van der Waals surface area (Å²) in [5.41, 5.74) is 10.2. The Bertz CT molecular complexity index is 573. The fourth-order valence-electron chi connectivity index (χ4n) is 3.37. The molecule has 0 spiro atoms. The molecule has 0 amide bonds. The molecule has 1 heterocycles. The van der Waals surface area contributed by atoms with Crippen molar-refractivity contribution in [2.45, 2.75) is 51.1 Å². The van der Waals surface area contributed by atoms with Crippen molar-refractivity contribution in [3.63, 3.8) is 0 Å². The molecule has 3 nitrogen and oxygen atoms in total. The van der Waals surface area contributed by atoms with Crippen LogP contribution in [0.15, 0.2) is 36.7 Å². The highest BCUT2D eigenvalue weighted by Crippen LogP contribution is 2.38. The average Bonchev–Trinajstić information content (AvgIpc) is 2.81. The molecule has 3 rings (SSSR count). The van der Waals surface area contributed by atoms with E-state index in [1.165, 1.54) is 17.7 Å². The Morgan fingerprint density at radius 2 is 1.90 bits per heavy atom. The van der Waals surface area contributed by atoms with Crippen molar-refractivity contribution in [3.05, 3.63) is 53.6 Å². The molecule has 3 atom stereocenters. The number of nitrogens with zero attached hydrogens (tertiary/aromatic N) is 2. The molecular weight excluding hydrogens is 246 g/mol. The zero-order chi connectivity index (χ0) is 14.1. The van der Waals surface area contributed by atoms with Gasteiger partial charge < -0.3 is 10.3 Å². The molecule has 0 bridgehead atoms. The summed E-state index contributed by atoms with van der Waals surface area (Å²) >= 11 is 0. The van der Waals surface area contributed by atoms with E-state index in [1.54, 1.807) is 0 Å². The monoisotopic (exact) mass is 269 g/mol. The lowest BCUT2D eigenvalue weighted by Crippen LogP contribution is -2.37. The van der Waals surface area contributed by atoms with E-state index in [9.17, 15) is 0 Å². The van der Waals surface area contributed by atoms with Gasteiger partial charge in [0.25, 0.3) is 0 Å². The van der Waals surface area contributed by atoms with E-state index in [0.29, 0.717) is 12.0 Å². The van der Waals surface area contributed by atoms with E-state index in [-0.39, 0.29) is 6.04 Å². The highest BCUT2D eigenvalue weighted by Gasteiger charge is 2.30. The molecule has 2 aromatic rings. The Hall–Kier alpha value is -1.61. The predicted molar refractivity (Wildman–Crippen MR) is 81.7 cm³/mol. The molecule has 1 aromatic heterocycles. The van der Waals surface area contributed by atoms with Gasteiger partial charge in [0, 0.05) is 11.7 Å². The number of aryl methyl sites for hydroxylation is 1. The van der Waals surface area contributed by atoms with E-state index in [2.05, 4.69) is 53.7 Å². The standard InChI is InChI=1S/C17H23N3/c1-12-13(2)20(11-19-12)17-10-15(8-9-16(17)18)14-6-4-3-5-7-14/h3-7,11,15-17H,8-10,18H2,1-2H3. The summed E-state index contributed by atoms with van der Waals surface area (Å²) in [5, 5.41) is 0. The molecular formula is C17H23N3. The zero-order valence-corrected chi connectivity index (χ0v) is 12.3. The van der Waals surface area contributed by atoms with E-state index < -0.39 is 0 Å². The highest BCUT2D eigenvalue weighted by atomic mass is 15.1. The Morgan fingerprint density at radius 1 is 1.15 bits per heavy atom. The Morgan fingerprint density at radius 3 is 2.55 bits per heavy atom. The Kier molecular flexibility index (Phi) is 3.62. The summed E-state index contributed by atoms with van der Waals surface area (Å²) in [6.07, 6.45) is 5.35. The van der Waals surface area contributed by atoms with Crippen molar-refractivity contribution in [1.29, 1.82) is 0 Å². The first-order chi connectivity index (χ1) is 9.66. The second kappa shape index (κ2) is 5.41. The molecule has 3 heteroatoms. The third-order valence-corrected chi connectivity index (χ3v) is 4.78. The number of hydrogen-bond acceptors (Lipinski definition) is 2. The van der Waals surface area contributed by atoms with Crippen LogP contribution in [-0.4, -0.2) is 15.6 Å². The molecule has 0 aliphatic heterocycles. The largest absolute Gasteiger partial charge is 0.330 e. The molecule has 3 unspecified atom stereocenters. The van der Waals surface area contributed by atoms with E-state index in [4.69, 9.17) is 5.73 Å². The topological polar surface area (TPSA) is 43.8 Å². The lowest BCUT2D eigenvalue weighted by Gasteiger charge is -2.35. The second-order valence-corrected chi connectivity index (χ2v) is 5.97. The van der Waals surface area contributed by atoms with E-state index in [1.807, 2.05) is 6.33 Å². The van der Waals surface area contributed by atoms with Gasteiger partial charge >= 0.3 is 0 Å². The van der Waals surface area contributed by atoms with Gasteiger partial charge in [-0.15, -0.1) is 0 Å². The van der Waals surface area contributed by atoms with Crippen molar-refractivity contribution in [3.8, 4) is 0 Å². The highest BCUT2D eigenvalue weighted by molar-refractivity contribution is 5.21. The molecule has 0 saturated heterocycles. The van der Waals surface area contributed by atoms with Gasteiger partial charge in [0.15, 0.2) is 0 Å². The molecule has 1 saturated carbocycles. The second-order valence-electron chi connectivity index (χ2n) is 5.97. The lowest BCUT2D eigenvalue weighted by molar-refractivity contribution is 0.275. The van der Waals surface area contributed by atoms with Gasteiger partial charge in [0.05, 0.1) is 18.1 Å². The van der Waals surface area contributed by atoms with Crippen LogP contribution in [0, 0.1) is 13.8 Å². The predicted octanol–water partition coefficient (Wildman–Crippen LogP) is 3.34. The van der Waals surface area contributed by atoms with Crippen molar-refractivity contribution in [2.24, 2.45) is 5.73 Å². The van der Waals surface area contributed by atoms with Gasteiger partial charge in [-0.3, -0.25) is 0 Å². The van der Waals surface area contributed by atoms with Gasteiger partial charge in [0.2, 0.25) is 0 Å². The van der Waals surface area contributed by atoms with Gasteiger partial charge in [-0.2, -0.15) is 0 Å². The summed E-state index contributed by atoms with van der Waals surface area (Å²) in [7, 11) is 0. The fourth-order valence-corrected chi connectivity index (χ4v) is 3.37. The molecule has 2 N–H and O–H groups in total. The fraction of sp³-hybridized carbons (Fsp3) is 0.471. The van der Waals surface area contributed by atoms with Gasteiger partial charge in [-0.1, -0.05) is 30.3 Å². The van der Waals surface area contributed by atoms with Gasteiger partial charge in [0.1, 0.15) is 0 Å². The van der Waals surface area contributed by atoms with Crippen LogP contribution in [-0.2, 0) is 0 Å². The van der Waals surface area contributed by atoms with Crippen LogP contribution in [0.2, 0.25) is 0 Å². The summed E-state index contributed by atoms with van der Waals surface area (Å²) in [6.45, 7) is 4.20. The number of rotatable bonds is 2. The SMILES string of the molecule is Cc1ncn(C2CC(c3ccccc3)CCC2N)c1C. The van der Waals surface area contributed by atoms with Gasteiger partial charge in [-0.25, -0.2) is 4.98 Å². The van der Waals surface area contributed by atoms with Crippen LogP contribution in [0.4, 0.5) is 0 Å².